The monoisotopic (exact) mass is 468 g/mol. The van der Waals surface area contributed by atoms with E-state index in [9.17, 15) is 9.59 Å². The quantitative estimate of drug-likeness (QED) is 0.403. The summed E-state index contributed by atoms with van der Waals surface area (Å²) < 4.78 is 0. The summed E-state index contributed by atoms with van der Waals surface area (Å²) in [6.45, 7) is 2.07. The summed E-state index contributed by atoms with van der Waals surface area (Å²) in [5, 5.41) is 7.95. The maximum Gasteiger partial charge on any atom is 0.252 e. The fourth-order valence-electron chi connectivity index (χ4n) is 4.36. The van der Waals surface area contributed by atoms with Crippen molar-refractivity contribution >= 4 is 28.3 Å². The molecule has 0 unspecified atom stereocenters. The lowest BCUT2D eigenvalue weighted by atomic mass is 9.99. The van der Waals surface area contributed by atoms with Gasteiger partial charge in [-0.05, 0) is 65.3 Å². The van der Waals surface area contributed by atoms with Crippen LogP contribution >= 0.6 is 11.3 Å². The molecule has 34 heavy (non-hydrogen) atoms. The Balaban J connectivity index is 1.21. The van der Waals surface area contributed by atoms with Crippen molar-refractivity contribution in [2.45, 2.75) is 25.7 Å². The van der Waals surface area contributed by atoms with Crippen LogP contribution in [0.1, 0.15) is 40.7 Å². The molecule has 2 amide bonds. The van der Waals surface area contributed by atoms with E-state index in [2.05, 4.69) is 39.7 Å². The van der Waals surface area contributed by atoms with E-state index < -0.39 is 0 Å². The van der Waals surface area contributed by atoms with E-state index in [0.717, 1.165) is 40.8 Å². The van der Waals surface area contributed by atoms with Crippen LogP contribution in [0.2, 0.25) is 0 Å². The van der Waals surface area contributed by atoms with E-state index >= 15 is 0 Å². The Bertz CT molecular complexity index is 1350. The second kappa shape index (κ2) is 9.57. The van der Waals surface area contributed by atoms with Crippen LogP contribution < -0.4 is 10.6 Å². The van der Waals surface area contributed by atoms with Gasteiger partial charge in [0, 0.05) is 28.9 Å². The predicted octanol–water partition coefficient (Wildman–Crippen LogP) is 5.29. The number of nitrogens with one attached hydrogen (secondary N) is 2. The molecule has 2 aromatic carbocycles. The summed E-state index contributed by atoms with van der Waals surface area (Å²) in [6, 6.07) is 17.8. The minimum Gasteiger partial charge on any atom is -0.343 e. The number of nitrogens with zero attached hydrogens (tertiary/aromatic N) is 2. The molecule has 0 saturated carbocycles. The number of anilines is 1. The largest absolute Gasteiger partial charge is 0.343 e. The van der Waals surface area contributed by atoms with Crippen molar-refractivity contribution in [1.82, 2.24) is 15.3 Å². The SMILES string of the molecule is C[C@H]1CCc2c(C(=O)NCC(=O)Nc3nc(-c4cccc(-c5ccncc5)c4)cs3)cccc21. The highest BCUT2D eigenvalue weighted by Crippen LogP contribution is 2.34. The van der Waals surface area contributed by atoms with Gasteiger partial charge >= 0.3 is 0 Å². The van der Waals surface area contributed by atoms with Gasteiger partial charge in [-0.15, -0.1) is 11.3 Å². The number of pyridine rings is 1. The summed E-state index contributed by atoms with van der Waals surface area (Å²) >= 11 is 1.36. The summed E-state index contributed by atoms with van der Waals surface area (Å²) in [6.07, 6.45) is 5.49. The number of benzene rings is 2. The van der Waals surface area contributed by atoms with Crippen LogP contribution in [0.15, 0.2) is 72.4 Å². The van der Waals surface area contributed by atoms with E-state index in [1.165, 1.54) is 16.9 Å². The van der Waals surface area contributed by atoms with E-state index in [1.807, 2.05) is 47.8 Å². The van der Waals surface area contributed by atoms with Gasteiger partial charge in [0.25, 0.3) is 5.91 Å². The van der Waals surface area contributed by atoms with Crippen molar-refractivity contribution in [2.75, 3.05) is 11.9 Å². The van der Waals surface area contributed by atoms with Gasteiger partial charge in [0.2, 0.25) is 5.91 Å². The normalized spacial score (nSPS) is 14.4. The zero-order valence-electron chi connectivity index (χ0n) is 18.7. The molecule has 5 rings (SSSR count). The summed E-state index contributed by atoms with van der Waals surface area (Å²) in [5.41, 5.74) is 6.91. The Morgan fingerprint density at radius 2 is 1.82 bits per heavy atom. The molecule has 170 valence electrons. The number of hydrogen-bond acceptors (Lipinski definition) is 5. The average molecular weight is 469 g/mol. The van der Waals surface area contributed by atoms with Crippen molar-refractivity contribution < 1.29 is 9.59 Å². The van der Waals surface area contributed by atoms with E-state index in [4.69, 9.17) is 0 Å². The number of amides is 2. The van der Waals surface area contributed by atoms with Gasteiger partial charge < -0.3 is 10.6 Å². The summed E-state index contributed by atoms with van der Waals surface area (Å²) in [4.78, 5) is 33.8. The standard InChI is InChI=1S/C27H24N4O2S/c1-17-8-9-22-21(17)6-3-7-23(22)26(33)29-15-25(32)31-27-30-24(16-34-27)20-5-2-4-19(14-20)18-10-12-28-13-11-18/h2-7,10-14,16-17H,8-9,15H2,1H3,(H,29,33)(H,30,31,32)/t17-/m0/s1. The first-order valence-electron chi connectivity index (χ1n) is 11.2. The lowest BCUT2D eigenvalue weighted by Crippen LogP contribution is -2.33. The smallest absolute Gasteiger partial charge is 0.252 e. The molecule has 7 heteroatoms. The molecule has 4 aromatic rings. The minimum absolute atomic E-state index is 0.107. The molecule has 0 aliphatic heterocycles. The number of carbonyl (C=O) groups is 2. The Morgan fingerprint density at radius 3 is 2.68 bits per heavy atom. The highest BCUT2D eigenvalue weighted by molar-refractivity contribution is 7.14. The van der Waals surface area contributed by atoms with Gasteiger partial charge in [-0.3, -0.25) is 14.6 Å². The topological polar surface area (TPSA) is 84.0 Å². The van der Waals surface area contributed by atoms with Crippen molar-refractivity contribution in [3.8, 4) is 22.4 Å². The highest BCUT2D eigenvalue weighted by atomic mass is 32.1. The van der Waals surface area contributed by atoms with Gasteiger partial charge in [0.15, 0.2) is 5.13 Å². The molecular formula is C27H24N4O2S. The molecule has 1 aliphatic carbocycles. The number of aromatic nitrogens is 2. The van der Waals surface area contributed by atoms with Crippen LogP contribution in [0.4, 0.5) is 5.13 Å². The van der Waals surface area contributed by atoms with Crippen LogP contribution in [0.25, 0.3) is 22.4 Å². The second-order valence-electron chi connectivity index (χ2n) is 8.40. The van der Waals surface area contributed by atoms with Gasteiger partial charge in [0.05, 0.1) is 12.2 Å². The molecule has 0 bridgehead atoms. The molecule has 2 aromatic heterocycles. The molecule has 0 saturated heterocycles. The number of thiazole rings is 1. The lowest BCUT2D eigenvalue weighted by Gasteiger charge is -2.10. The molecule has 0 fully saturated rings. The van der Waals surface area contributed by atoms with Crippen molar-refractivity contribution in [3.05, 3.63) is 89.1 Å². The number of carbonyl (C=O) groups excluding carboxylic acids is 2. The summed E-state index contributed by atoms with van der Waals surface area (Å²) in [7, 11) is 0. The summed E-state index contributed by atoms with van der Waals surface area (Å²) in [5.74, 6) is -0.0508. The molecule has 0 spiro atoms. The Labute approximate surface area is 202 Å². The van der Waals surface area contributed by atoms with Gasteiger partial charge in [-0.25, -0.2) is 4.98 Å². The molecule has 2 N–H and O–H groups in total. The predicted molar refractivity (Wildman–Crippen MR) is 135 cm³/mol. The van der Waals surface area contributed by atoms with Crippen LogP contribution in [-0.4, -0.2) is 28.3 Å². The highest BCUT2D eigenvalue weighted by Gasteiger charge is 2.23. The van der Waals surface area contributed by atoms with Gasteiger partial charge in [-0.1, -0.05) is 37.3 Å². The number of hydrogen-bond donors (Lipinski definition) is 2. The van der Waals surface area contributed by atoms with Crippen molar-refractivity contribution in [1.29, 1.82) is 0 Å². The van der Waals surface area contributed by atoms with Crippen molar-refractivity contribution in [3.63, 3.8) is 0 Å². The first-order valence-corrected chi connectivity index (χ1v) is 12.1. The number of rotatable bonds is 6. The Morgan fingerprint density at radius 1 is 1.03 bits per heavy atom. The Hall–Kier alpha value is -3.84. The van der Waals surface area contributed by atoms with E-state index in [-0.39, 0.29) is 18.4 Å². The fraction of sp³-hybridized carbons (Fsp3) is 0.185. The first kappa shape index (κ1) is 22.0. The van der Waals surface area contributed by atoms with E-state index in [0.29, 0.717) is 16.6 Å². The Kier molecular flexibility index (Phi) is 6.18. The average Bonchev–Trinajstić information content (AvgIpc) is 3.50. The molecule has 6 nitrogen and oxygen atoms in total. The third-order valence-corrected chi connectivity index (χ3v) is 6.90. The van der Waals surface area contributed by atoms with Gasteiger partial charge in [-0.2, -0.15) is 0 Å². The van der Waals surface area contributed by atoms with Crippen molar-refractivity contribution in [2.24, 2.45) is 0 Å². The van der Waals surface area contributed by atoms with Gasteiger partial charge in [0.1, 0.15) is 0 Å². The lowest BCUT2D eigenvalue weighted by molar-refractivity contribution is -0.115. The molecular weight excluding hydrogens is 444 g/mol. The third kappa shape index (κ3) is 4.61. The fourth-order valence-corrected chi connectivity index (χ4v) is 5.10. The maximum atomic E-state index is 12.7. The second-order valence-corrected chi connectivity index (χ2v) is 9.26. The zero-order valence-corrected chi connectivity index (χ0v) is 19.6. The molecule has 1 atom stereocenters. The van der Waals surface area contributed by atoms with Crippen LogP contribution in [0.5, 0.6) is 0 Å². The maximum absolute atomic E-state index is 12.7. The van der Waals surface area contributed by atoms with Crippen LogP contribution in [-0.2, 0) is 11.2 Å². The van der Waals surface area contributed by atoms with E-state index in [1.54, 1.807) is 12.4 Å². The number of fused-ring (bicyclic) bond motifs is 1. The molecule has 2 heterocycles. The first-order chi connectivity index (χ1) is 16.6. The zero-order chi connectivity index (χ0) is 23.5. The van der Waals surface area contributed by atoms with Crippen LogP contribution in [0, 0.1) is 0 Å². The van der Waals surface area contributed by atoms with Crippen LogP contribution in [0.3, 0.4) is 0 Å². The molecule has 1 aliphatic rings. The minimum atomic E-state index is -0.305. The molecule has 0 radical (unpaired) electrons. The third-order valence-electron chi connectivity index (χ3n) is 6.15.